The van der Waals surface area contributed by atoms with Gasteiger partial charge in [0.25, 0.3) is 0 Å². The topological polar surface area (TPSA) is 62.5 Å². The van der Waals surface area contributed by atoms with Crippen LogP contribution in [0.15, 0.2) is 48.7 Å². The molecular formula is C26H38N6. The first kappa shape index (κ1) is 22.6. The van der Waals surface area contributed by atoms with E-state index in [0.717, 1.165) is 50.7 Å². The molecule has 1 aromatic carbocycles. The second-order valence-corrected chi connectivity index (χ2v) is 9.76. The van der Waals surface area contributed by atoms with Crippen molar-refractivity contribution < 1.29 is 0 Å². The normalized spacial score (nSPS) is 18.8. The van der Waals surface area contributed by atoms with Crippen LogP contribution in [0.3, 0.4) is 0 Å². The van der Waals surface area contributed by atoms with Gasteiger partial charge in [0.05, 0.1) is 0 Å². The fourth-order valence-corrected chi connectivity index (χ4v) is 5.31. The molecule has 0 saturated carbocycles. The molecule has 4 heterocycles. The van der Waals surface area contributed by atoms with Crippen LogP contribution < -0.4 is 16.0 Å². The molecule has 2 fully saturated rings. The molecule has 0 radical (unpaired) electrons. The number of hydrogen-bond donors (Lipinski definition) is 1. The number of anilines is 2. The van der Waals surface area contributed by atoms with Gasteiger partial charge in [0.2, 0.25) is 0 Å². The number of rotatable bonds is 5. The number of likely N-dealkylation sites (tertiary alicyclic amines) is 1. The third-order valence-electron chi connectivity index (χ3n) is 7.34. The molecule has 2 saturated heterocycles. The van der Waals surface area contributed by atoms with Crippen molar-refractivity contribution >= 4 is 22.5 Å². The zero-order valence-electron chi connectivity index (χ0n) is 19.9. The van der Waals surface area contributed by atoms with E-state index in [0.29, 0.717) is 5.54 Å². The summed E-state index contributed by atoms with van der Waals surface area (Å²) in [6.45, 7) is 14.4. The van der Waals surface area contributed by atoms with Crippen molar-refractivity contribution in [3.05, 3.63) is 54.2 Å². The van der Waals surface area contributed by atoms with Crippen LogP contribution in [0.4, 0.5) is 11.5 Å². The Hall–Kier alpha value is -2.57. The van der Waals surface area contributed by atoms with Crippen molar-refractivity contribution in [3.63, 3.8) is 0 Å². The smallest absolute Gasteiger partial charge is 0.142 e. The minimum atomic E-state index is 0. The van der Waals surface area contributed by atoms with E-state index in [2.05, 4.69) is 88.7 Å². The van der Waals surface area contributed by atoms with E-state index in [1.54, 1.807) is 0 Å². The van der Waals surface area contributed by atoms with Crippen LogP contribution in [-0.4, -0.2) is 59.3 Å². The van der Waals surface area contributed by atoms with Crippen molar-refractivity contribution in [1.29, 1.82) is 0 Å². The van der Waals surface area contributed by atoms with Crippen molar-refractivity contribution in [2.75, 3.05) is 49.1 Å². The third-order valence-corrected chi connectivity index (χ3v) is 7.34. The Morgan fingerprint density at radius 1 is 0.875 bits per heavy atom. The molecule has 0 bridgehead atoms. The molecule has 2 aromatic heterocycles. The largest absolute Gasteiger partial charge is 0.368 e. The van der Waals surface area contributed by atoms with Gasteiger partial charge in [-0.25, -0.2) is 4.98 Å². The molecule has 2 aliphatic heterocycles. The van der Waals surface area contributed by atoms with Gasteiger partial charge < -0.3 is 20.5 Å². The highest BCUT2D eigenvalue weighted by Gasteiger charge is 2.31. The molecule has 0 unspecified atom stereocenters. The predicted molar refractivity (Wildman–Crippen MR) is 135 cm³/mol. The lowest BCUT2D eigenvalue weighted by Crippen LogP contribution is -2.47. The van der Waals surface area contributed by atoms with Crippen LogP contribution in [0.25, 0.3) is 11.0 Å². The average molecular weight is 435 g/mol. The molecule has 172 valence electrons. The minimum Gasteiger partial charge on any atom is -0.368 e. The lowest BCUT2D eigenvalue weighted by atomic mass is 10.0. The number of benzene rings is 1. The van der Waals surface area contributed by atoms with Crippen LogP contribution in [0.1, 0.15) is 32.3 Å². The first-order valence-corrected chi connectivity index (χ1v) is 11.8. The zero-order valence-corrected chi connectivity index (χ0v) is 19.9. The summed E-state index contributed by atoms with van der Waals surface area (Å²) in [5.74, 6) is 1.11. The monoisotopic (exact) mass is 434 g/mol. The summed E-state index contributed by atoms with van der Waals surface area (Å²) in [7, 11) is 0. The lowest BCUT2D eigenvalue weighted by molar-refractivity contribution is 0.169. The number of hydrogen-bond acceptors (Lipinski definition) is 5. The molecule has 6 nitrogen and oxygen atoms in total. The Bertz CT molecular complexity index is 1050. The number of aryl methyl sites for hydroxylation is 1. The van der Waals surface area contributed by atoms with E-state index >= 15 is 0 Å². The second-order valence-electron chi connectivity index (χ2n) is 9.76. The fraction of sp³-hybridized carbons (Fsp3) is 0.500. The van der Waals surface area contributed by atoms with E-state index < -0.39 is 0 Å². The molecule has 0 atom stereocenters. The molecule has 0 spiro atoms. The quantitative estimate of drug-likeness (QED) is 0.630. The van der Waals surface area contributed by atoms with Gasteiger partial charge in [-0.15, -0.1) is 0 Å². The molecule has 3 aromatic rings. The van der Waals surface area contributed by atoms with Crippen molar-refractivity contribution in [2.45, 2.75) is 45.7 Å². The maximum atomic E-state index is 5.11. The van der Waals surface area contributed by atoms with Crippen LogP contribution in [0, 0.1) is 6.92 Å². The Labute approximate surface area is 192 Å². The Morgan fingerprint density at radius 3 is 2.34 bits per heavy atom. The number of piperazine rings is 1. The van der Waals surface area contributed by atoms with Crippen molar-refractivity contribution in [3.8, 4) is 0 Å². The number of para-hydroxylation sites is 1. The first-order valence-electron chi connectivity index (χ1n) is 11.8. The van der Waals surface area contributed by atoms with Gasteiger partial charge in [-0.1, -0.05) is 18.2 Å². The molecule has 0 aliphatic carbocycles. The highest BCUT2D eigenvalue weighted by molar-refractivity contribution is 5.78. The number of fused-ring (bicyclic) bond motifs is 1. The van der Waals surface area contributed by atoms with E-state index in [1.807, 2.05) is 0 Å². The first-order chi connectivity index (χ1) is 15.0. The minimum absolute atomic E-state index is 0. The van der Waals surface area contributed by atoms with Crippen molar-refractivity contribution in [1.82, 2.24) is 20.6 Å². The van der Waals surface area contributed by atoms with Gasteiger partial charge in [-0.05, 0) is 70.0 Å². The van der Waals surface area contributed by atoms with Gasteiger partial charge in [-0.3, -0.25) is 4.90 Å². The highest BCUT2D eigenvalue weighted by atomic mass is 15.3. The summed E-state index contributed by atoms with van der Waals surface area (Å²) < 4.78 is 2.34. The molecule has 5 rings (SSSR count). The predicted octanol–water partition coefficient (Wildman–Crippen LogP) is 4.71. The molecule has 3 N–H and O–H groups in total. The van der Waals surface area contributed by atoms with E-state index in [1.165, 1.54) is 36.0 Å². The maximum absolute atomic E-state index is 5.11. The Morgan fingerprint density at radius 2 is 1.62 bits per heavy atom. The van der Waals surface area contributed by atoms with Gasteiger partial charge in [0.1, 0.15) is 11.5 Å². The van der Waals surface area contributed by atoms with E-state index in [9.17, 15) is 0 Å². The summed E-state index contributed by atoms with van der Waals surface area (Å²) >= 11 is 0. The number of pyridine rings is 1. The number of aromatic nitrogens is 2. The van der Waals surface area contributed by atoms with Crippen LogP contribution in [0.2, 0.25) is 0 Å². The lowest BCUT2D eigenvalue weighted by Gasteiger charge is -2.37. The SMILES string of the molecule is Cc1ccccc1N1CCN(c2ccc3ccn(CCN4CCCC4(C)C)c3n2)CC1.N. The van der Waals surface area contributed by atoms with Gasteiger partial charge in [-0.2, -0.15) is 0 Å². The Kier molecular flexibility index (Phi) is 6.45. The molecule has 2 aliphatic rings. The fourth-order valence-electron chi connectivity index (χ4n) is 5.31. The van der Waals surface area contributed by atoms with Gasteiger partial charge >= 0.3 is 0 Å². The summed E-state index contributed by atoms with van der Waals surface area (Å²) in [6.07, 6.45) is 4.83. The van der Waals surface area contributed by atoms with Gasteiger partial charge in [0.15, 0.2) is 0 Å². The maximum Gasteiger partial charge on any atom is 0.142 e. The summed E-state index contributed by atoms with van der Waals surface area (Å²) in [5, 5.41) is 1.24. The van der Waals surface area contributed by atoms with Crippen LogP contribution in [0.5, 0.6) is 0 Å². The average Bonchev–Trinajstić information content (AvgIpc) is 3.34. The van der Waals surface area contributed by atoms with E-state index in [4.69, 9.17) is 4.98 Å². The van der Waals surface area contributed by atoms with Crippen LogP contribution in [-0.2, 0) is 6.54 Å². The zero-order chi connectivity index (χ0) is 21.4. The summed E-state index contributed by atoms with van der Waals surface area (Å²) in [6, 6.07) is 15.3. The summed E-state index contributed by atoms with van der Waals surface area (Å²) in [5.41, 5.74) is 4.17. The number of nitrogens with zero attached hydrogens (tertiary/aromatic N) is 5. The molecular weight excluding hydrogens is 396 g/mol. The second kappa shape index (κ2) is 9.12. The third kappa shape index (κ3) is 4.34. The molecule has 0 amide bonds. The van der Waals surface area contributed by atoms with E-state index in [-0.39, 0.29) is 6.15 Å². The standard InChI is InChI=1S/C26H35N5.H3N/c1-21-7-4-5-8-23(21)28-15-17-29(18-16-28)24-10-9-22-11-14-30(25(22)27-24)19-20-31-13-6-12-26(31,2)3;/h4-5,7-11,14H,6,12-13,15-20H2,1-3H3;1H3. The molecule has 6 heteroatoms. The van der Waals surface area contributed by atoms with Crippen molar-refractivity contribution in [2.24, 2.45) is 0 Å². The molecule has 32 heavy (non-hydrogen) atoms. The Balaban J connectivity index is 0.00000245. The highest BCUT2D eigenvalue weighted by Crippen LogP contribution is 2.28. The van der Waals surface area contributed by atoms with Crippen LogP contribution >= 0.6 is 0 Å². The summed E-state index contributed by atoms with van der Waals surface area (Å²) in [4.78, 5) is 12.7. The van der Waals surface area contributed by atoms with Gasteiger partial charge in [0, 0.05) is 62.1 Å².